The van der Waals surface area contributed by atoms with Crippen molar-refractivity contribution in [2.75, 3.05) is 30.3 Å². The Kier molecular flexibility index (Phi) is 5.03. The third-order valence-corrected chi connectivity index (χ3v) is 7.83. The van der Waals surface area contributed by atoms with Gasteiger partial charge in [-0.15, -0.1) is 0 Å². The summed E-state index contributed by atoms with van der Waals surface area (Å²) in [5.41, 5.74) is 5.06. The Labute approximate surface area is 194 Å². The molecular weight excluding hydrogens is 466 g/mol. The third kappa shape index (κ3) is 3.61. The Morgan fingerprint density at radius 3 is 2.82 bits per heavy atom. The average molecular weight is 490 g/mol. The number of phosphoric ester groups is 1. The van der Waals surface area contributed by atoms with Gasteiger partial charge in [-0.3, -0.25) is 9.05 Å². The minimum Gasteiger partial charge on any atom is -0.404 e. The highest BCUT2D eigenvalue weighted by Gasteiger charge is 2.61. The van der Waals surface area contributed by atoms with E-state index in [0.717, 1.165) is 19.5 Å². The summed E-state index contributed by atoms with van der Waals surface area (Å²) in [6, 6.07) is 8.48. The third-order valence-electron chi connectivity index (χ3n) is 6.44. The van der Waals surface area contributed by atoms with Crippen molar-refractivity contribution in [3.05, 3.63) is 36.7 Å². The Balaban J connectivity index is 1.24. The van der Waals surface area contributed by atoms with Gasteiger partial charge in [0, 0.05) is 13.1 Å². The average Bonchev–Trinajstić information content (AvgIpc) is 3.26. The van der Waals surface area contributed by atoms with Gasteiger partial charge in [0.05, 0.1) is 19.5 Å². The normalized spacial score (nSPS) is 33.0. The summed E-state index contributed by atoms with van der Waals surface area (Å²) in [4.78, 5) is 15.2. The number of imidazole rings is 1. The Morgan fingerprint density at radius 1 is 1.29 bits per heavy atom. The molecule has 13 heteroatoms. The summed E-state index contributed by atoms with van der Waals surface area (Å²) in [6.45, 7) is 3.09. The molecule has 3 saturated heterocycles. The SMILES string of the molecule is C[C@]1(F)[C@H](Cn2cnc3c(N4CCC4)nc(N)nc32)O[C@@H]2COP(=O)(Oc3ccccc3)O[C@H]21. The summed E-state index contributed by atoms with van der Waals surface area (Å²) in [5, 5.41) is 0. The first-order chi connectivity index (χ1) is 16.3. The molecular formula is C21H24FN6O5P. The van der Waals surface area contributed by atoms with Gasteiger partial charge in [-0.05, 0) is 25.5 Å². The van der Waals surface area contributed by atoms with Crippen LogP contribution < -0.4 is 15.2 Å². The number of nitrogens with two attached hydrogens (primary N) is 1. The molecule has 1 unspecified atom stereocenters. The molecule has 0 aliphatic carbocycles. The van der Waals surface area contributed by atoms with Crippen molar-refractivity contribution in [1.29, 1.82) is 0 Å². The molecule has 3 aliphatic rings. The van der Waals surface area contributed by atoms with Gasteiger partial charge in [-0.1, -0.05) is 18.2 Å². The first kappa shape index (κ1) is 21.7. The van der Waals surface area contributed by atoms with Crippen LogP contribution in [0.4, 0.5) is 16.2 Å². The van der Waals surface area contributed by atoms with Crippen molar-refractivity contribution < 1.29 is 27.3 Å². The van der Waals surface area contributed by atoms with Gasteiger partial charge in [0.15, 0.2) is 22.7 Å². The summed E-state index contributed by atoms with van der Waals surface area (Å²) in [6.07, 6.45) is -0.162. The largest absolute Gasteiger partial charge is 0.530 e. The molecule has 0 saturated carbocycles. The fourth-order valence-electron chi connectivity index (χ4n) is 4.48. The molecule has 2 N–H and O–H groups in total. The lowest BCUT2D eigenvalue weighted by atomic mass is 9.95. The van der Waals surface area contributed by atoms with Crippen LogP contribution in [0.15, 0.2) is 36.7 Å². The second-order valence-electron chi connectivity index (χ2n) is 8.80. The second-order valence-corrected chi connectivity index (χ2v) is 10.3. The number of para-hydroxylation sites is 1. The first-order valence-electron chi connectivity index (χ1n) is 11.1. The maximum Gasteiger partial charge on any atom is 0.530 e. The number of halogens is 1. The van der Waals surface area contributed by atoms with Gasteiger partial charge in [0.1, 0.15) is 24.1 Å². The number of ether oxygens (including phenoxy) is 1. The highest BCUT2D eigenvalue weighted by Crippen LogP contribution is 2.58. The quantitative estimate of drug-likeness (QED) is 0.534. The molecule has 5 heterocycles. The van der Waals surface area contributed by atoms with Crippen molar-refractivity contribution in [2.45, 2.75) is 43.9 Å². The molecule has 0 bridgehead atoms. The number of hydrogen-bond donors (Lipinski definition) is 1. The number of aromatic nitrogens is 4. The minimum atomic E-state index is -4.02. The van der Waals surface area contributed by atoms with E-state index in [2.05, 4.69) is 19.9 Å². The molecule has 5 atom stereocenters. The monoisotopic (exact) mass is 490 g/mol. The van der Waals surface area contributed by atoms with E-state index in [-0.39, 0.29) is 19.1 Å². The molecule has 2 aromatic heterocycles. The van der Waals surface area contributed by atoms with Crippen molar-refractivity contribution in [2.24, 2.45) is 0 Å². The lowest BCUT2D eigenvalue weighted by molar-refractivity contribution is -0.0545. The van der Waals surface area contributed by atoms with Crippen molar-refractivity contribution >= 4 is 30.8 Å². The molecule has 0 amide bonds. The maximum absolute atomic E-state index is 16.1. The molecule has 1 aromatic carbocycles. The second kappa shape index (κ2) is 7.88. The zero-order valence-corrected chi connectivity index (χ0v) is 19.3. The topological polar surface area (TPSA) is 127 Å². The fraction of sp³-hybridized carbons (Fsp3) is 0.476. The molecule has 11 nitrogen and oxygen atoms in total. The standard InChI is InChI=1S/C21H24FN6O5P/c1-21(22)15(10-28-12-24-16-18(27-8-5-9-27)25-20(23)26-19(16)28)31-14-11-30-34(29,33-17(14)21)32-13-6-3-2-4-7-13/h2-4,6-7,12,14-15,17H,5,8-11H2,1H3,(H2,23,25,26)/t14-,15+,17-,21+,34?/m1/s1. The highest BCUT2D eigenvalue weighted by atomic mass is 31.2. The van der Waals surface area contributed by atoms with E-state index >= 15 is 4.39 Å². The van der Waals surface area contributed by atoms with E-state index in [0.29, 0.717) is 22.7 Å². The number of benzene rings is 1. The number of fused-ring (bicyclic) bond motifs is 2. The maximum atomic E-state index is 16.1. The van der Waals surface area contributed by atoms with Gasteiger partial charge in [-0.2, -0.15) is 9.97 Å². The van der Waals surface area contributed by atoms with Gasteiger partial charge < -0.3 is 24.5 Å². The number of alkyl halides is 1. The van der Waals surface area contributed by atoms with E-state index in [1.807, 2.05) is 0 Å². The van der Waals surface area contributed by atoms with Crippen LogP contribution in [0.2, 0.25) is 0 Å². The molecule has 0 spiro atoms. The summed E-state index contributed by atoms with van der Waals surface area (Å²) < 4.78 is 53.2. The van der Waals surface area contributed by atoms with Crippen molar-refractivity contribution in [1.82, 2.24) is 19.5 Å². The van der Waals surface area contributed by atoms with E-state index in [1.54, 1.807) is 41.2 Å². The number of anilines is 2. The first-order valence-corrected chi connectivity index (χ1v) is 12.5. The lowest BCUT2D eigenvalue weighted by Gasteiger charge is -2.33. The molecule has 0 radical (unpaired) electrons. The van der Waals surface area contributed by atoms with Crippen LogP contribution in [-0.2, 0) is 24.9 Å². The van der Waals surface area contributed by atoms with Crippen LogP contribution in [0.5, 0.6) is 5.75 Å². The number of nitrogens with zero attached hydrogens (tertiary/aromatic N) is 5. The number of rotatable bonds is 5. The minimum absolute atomic E-state index is 0.0968. The van der Waals surface area contributed by atoms with E-state index in [9.17, 15) is 4.57 Å². The molecule has 6 rings (SSSR count). The van der Waals surface area contributed by atoms with Crippen LogP contribution in [0.3, 0.4) is 0 Å². The number of hydrogen-bond acceptors (Lipinski definition) is 10. The molecule has 180 valence electrons. The van der Waals surface area contributed by atoms with Crippen LogP contribution in [0, 0.1) is 0 Å². The molecule has 3 aliphatic heterocycles. The van der Waals surface area contributed by atoms with Gasteiger partial charge in [0.25, 0.3) is 0 Å². The Hall–Kier alpha value is -2.79. The zero-order chi connectivity index (χ0) is 23.5. The lowest BCUT2D eigenvalue weighted by Crippen LogP contribution is -2.46. The van der Waals surface area contributed by atoms with Crippen LogP contribution >= 0.6 is 7.82 Å². The smallest absolute Gasteiger partial charge is 0.404 e. The zero-order valence-electron chi connectivity index (χ0n) is 18.4. The van der Waals surface area contributed by atoms with Crippen molar-refractivity contribution in [3.63, 3.8) is 0 Å². The van der Waals surface area contributed by atoms with Crippen LogP contribution in [0.25, 0.3) is 11.2 Å². The van der Waals surface area contributed by atoms with Crippen LogP contribution in [-0.4, -0.2) is 63.2 Å². The van der Waals surface area contributed by atoms with Gasteiger partial charge in [0.2, 0.25) is 5.95 Å². The fourth-order valence-corrected chi connectivity index (χ4v) is 5.97. The van der Waals surface area contributed by atoms with Crippen LogP contribution in [0.1, 0.15) is 13.3 Å². The highest BCUT2D eigenvalue weighted by molar-refractivity contribution is 7.49. The van der Waals surface area contributed by atoms with Gasteiger partial charge >= 0.3 is 7.82 Å². The Bertz CT molecular complexity index is 1270. The number of nitrogen functional groups attached to an aromatic ring is 1. The summed E-state index contributed by atoms with van der Waals surface area (Å²) in [5.74, 6) is 1.10. The van der Waals surface area contributed by atoms with E-state index in [1.165, 1.54) is 6.92 Å². The van der Waals surface area contributed by atoms with E-state index in [4.69, 9.17) is 24.0 Å². The van der Waals surface area contributed by atoms with E-state index < -0.39 is 31.8 Å². The predicted octanol–water partition coefficient (Wildman–Crippen LogP) is 2.72. The molecule has 34 heavy (non-hydrogen) atoms. The summed E-state index contributed by atoms with van der Waals surface area (Å²) >= 11 is 0. The molecule has 3 aromatic rings. The predicted molar refractivity (Wildman–Crippen MR) is 120 cm³/mol. The Morgan fingerprint density at radius 2 is 2.09 bits per heavy atom. The van der Waals surface area contributed by atoms with Crippen molar-refractivity contribution in [3.8, 4) is 5.75 Å². The van der Waals surface area contributed by atoms with Gasteiger partial charge in [-0.25, -0.2) is 13.9 Å². The number of phosphoric acid groups is 1. The summed E-state index contributed by atoms with van der Waals surface area (Å²) in [7, 11) is -4.02. The molecule has 3 fully saturated rings.